The fourth-order valence-corrected chi connectivity index (χ4v) is 4.18. The van der Waals surface area contributed by atoms with Crippen LogP contribution in [0.15, 0.2) is 42.5 Å². The van der Waals surface area contributed by atoms with E-state index >= 15 is 0 Å². The van der Waals surface area contributed by atoms with E-state index in [1.165, 1.54) is 0 Å². The van der Waals surface area contributed by atoms with Crippen molar-refractivity contribution in [2.24, 2.45) is 5.92 Å². The molecule has 0 spiro atoms. The van der Waals surface area contributed by atoms with Crippen LogP contribution in [0.1, 0.15) is 26.3 Å². The summed E-state index contributed by atoms with van der Waals surface area (Å²) < 4.78 is 17.2. The van der Waals surface area contributed by atoms with Gasteiger partial charge >= 0.3 is 0 Å². The maximum Gasteiger partial charge on any atom is 0.231 e. The van der Waals surface area contributed by atoms with Gasteiger partial charge in [0.15, 0.2) is 0 Å². The van der Waals surface area contributed by atoms with Crippen molar-refractivity contribution in [1.29, 1.82) is 0 Å². The number of hydrogen-bond donors (Lipinski definition) is 1. The molecule has 2 aromatic carbocycles. The topological polar surface area (TPSA) is 60.0 Å². The van der Waals surface area contributed by atoms with Crippen molar-refractivity contribution in [2.45, 2.75) is 39.4 Å². The van der Waals surface area contributed by atoms with Gasteiger partial charge in [-0.05, 0) is 75.2 Å². The molecule has 1 amide bonds. The molecule has 2 aromatic rings. The van der Waals surface area contributed by atoms with Gasteiger partial charge in [-0.15, -0.1) is 0 Å². The van der Waals surface area contributed by atoms with Crippen LogP contribution in [-0.2, 0) is 16.0 Å². The number of fused-ring (bicyclic) bond motifs is 1. The molecule has 2 heterocycles. The van der Waals surface area contributed by atoms with Gasteiger partial charge in [0.2, 0.25) is 5.91 Å². The predicted octanol–water partition coefficient (Wildman–Crippen LogP) is 3.89. The summed E-state index contributed by atoms with van der Waals surface area (Å²) in [5, 5.41) is 3.04. The summed E-state index contributed by atoms with van der Waals surface area (Å²) in [6, 6.07) is 13.8. The Morgan fingerprint density at radius 1 is 1.13 bits per heavy atom. The smallest absolute Gasteiger partial charge is 0.231 e. The number of nitrogens with one attached hydrogen (secondary N) is 1. The highest BCUT2D eigenvalue weighted by Gasteiger charge is 2.27. The molecule has 0 saturated carbocycles. The zero-order valence-electron chi connectivity index (χ0n) is 17.9. The normalized spacial score (nSPS) is 23.3. The first kappa shape index (κ1) is 20.5. The summed E-state index contributed by atoms with van der Waals surface area (Å²) in [5.41, 5.74) is 2.96. The van der Waals surface area contributed by atoms with Crippen LogP contribution in [0.2, 0.25) is 0 Å². The van der Waals surface area contributed by atoms with Crippen LogP contribution in [0, 0.1) is 5.92 Å². The van der Waals surface area contributed by atoms with E-state index in [1.807, 2.05) is 37.3 Å². The van der Waals surface area contributed by atoms with Crippen molar-refractivity contribution >= 4 is 17.3 Å². The average Bonchev–Trinajstić information content (AvgIpc) is 2.73. The van der Waals surface area contributed by atoms with Crippen LogP contribution >= 0.6 is 0 Å². The van der Waals surface area contributed by atoms with Crippen molar-refractivity contribution in [3.05, 3.63) is 48.0 Å². The number of benzene rings is 2. The second-order valence-corrected chi connectivity index (χ2v) is 8.11. The van der Waals surface area contributed by atoms with Crippen LogP contribution in [0.25, 0.3) is 0 Å². The molecule has 0 aromatic heterocycles. The molecule has 3 unspecified atom stereocenters. The number of ether oxygens (including phenoxy) is 3. The van der Waals surface area contributed by atoms with Gasteiger partial charge in [0, 0.05) is 24.5 Å². The SMILES string of the molecule is CCOc1ccc2c(c1)CC(C(=O)Nc1ccc(N3CC(C)OC(C)C3)cc1)CO2. The highest BCUT2D eigenvalue weighted by atomic mass is 16.5. The van der Waals surface area contributed by atoms with Gasteiger partial charge < -0.3 is 24.4 Å². The maximum absolute atomic E-state index is 12.8. The van der Waals surface area contributed by atoms with Crippen molar-refractivity contribution in [2.75, 3.05) is 36.5 Å². The zero-order chi connectivity index (χ0) is 21.1. The van der Waals surface area contributed by atoms with E-state index in [4.69, 9.17) is 14.2 Å². The van der Waals surface area contributed by atoms with Gasteiger partial charge in [-0.25, -0.2) is 0 Å². The maximum atomic E-state index is 12.8. The molecular weight excluding hydrogens is 380 g/mol. The fraction of sp³-hybridized carbons (Fsp3) is 0.458. The molecular formula is C24H30N2O4. The zero-order valence-corrected chi connectivity index (χ0v) is 17.9. The average molecular weight is 411 g/mol. The van der Waals surface area contributed by atoms with Gasteiger partial charge in [0.1, 0.15) is 18.1 Å². The lowest BCUT2D eigenvalue weighted by molar-refractivity contribution is -0.121. The number of morpholine rings is 1. The molecule has 1 fully saturated rings. The third-order valence-electron chi connectivity index (χ3n) is 5.54. The predicted molar refractivity (Wildman–Crippen MR) is 118 cm³/mol. The highest BCUT2D eigenvalue weighted by molar-refractivity contribution is 5.93. The van der Waals surface area contributed by atoms with Gasteiger partial charge in [-0.2, -0.15) is 0 Å². The van der Waals surface area contributed by atoms with E-state index in [0.717, 1.165) is 41.5 Å². The highest BCUT2D eigenvalue weighted by Crippen LogP contribution is 2.31. The summed E-state index contributed by atoms with van der Waals surface area (Å²) in [7, 11) is 0. The van der Waals surface area contributed by atoms with E-state index < -0.39 is 0 Å². The van der Waals surface area contributed by atoms with Crippen molar-refractivity contribution < 1.29 is 19.0 Å². The van der Waals surface area contributed by atoms with Crippen molar-refractivity contribution in [1.82, 2.24) is 0 Å². The van der Waals surface area contributed by atoms with E-state index in [1.54, 1.807) is 0 Å². The molecule has 1 saturated heterocycles. The monoisotopic (exact) mass is 410 g/mol. The summed E-state index contributed by atoms with van der Waals surface area (Å²) >= 11 is 0. The second kappa shape index (κ2) is 8.96. The number of carbonyl (C=O) groups excluding carboxylic acids is 1. The molecule has 4 rings (SSSR count). The third-order valence-corrected chi connectivity index (χ3v) is 5.54. The summed E-state index contributed by atoms with van der Waals surface area (Å²) in [5.74, 6) is 1.39. The molecule has 6 heteroatoms. The van der Waals surface area contributed by atoms with Gasteiger partial charge in [0.25, 0.3) is 0 Å². The van der Waals surface area contributed by atoms with E-state index in [-0.39, 0.29) is 24.0 Å². The Balaban J connectivity index is 1.38. The Hall–Kier alpha value is -2.73. The minimum absolute atomic E-state index is 0.0242. The van der Waals surface area contributed by atoms with Crippen LogP contribution in [0.3, 0.4) is 0 Å². The standard InChI is InChI=1S/C24H30N2O4/c1-4-28-22-9-10-23-18(12-22)11-19(15-29-23)24(27)25-20-5-7-21(8-6-20)26-13-16(2)30-17(3)14-26/h5-10,12,16-17,19H,4,11,13-15H2,1-3H3,(H,25,27). The lowest BCUT2D eigenvalue weighted by atomic mass is 9.95. The number of nitrogens with zero attached hydrogens (tertiary/aromatic N) is 1. The summed E-state index contributed by atoms with van der Waals surface area (Å²) in [6.45, 7) is 8.89. The molecule has 2 aliphatic rings. The Morgan fingerprint density at radius 2 is 1.87 bits per heavy atom. The number of hydrogen-bond acceptors (Lipinski definition) is 5. The molecule has 0 aliphatic carbocycles. The van der Waals surface area contributed by atoms with Crippen LogP contribution in [-0.4, -0.2) is 44.4 Å². The third kappa shape index (κ3) is 4.70. The van der Waals surface area contributed by atoms with Crippen LogP contribution in [0.4, 0.5) is 11.4 Å². The lowest BCUT2D eigenvalue weighted by Gasteiger charge is -2.36. The Kier molecular flexibility index (Phi) is 6.13. The summed E-state index contributed by atoms with van der Waals surface area (Å²) in [4.78, 5) is 15.1. The number of amides is 1. The fourth-order valence-electron chi connectivity index (χ4n) is 4.18. The molecule has 2 aliphatic heterocycles. The Bertz CT molecular complexity index is 873. The van der Waals surface area contributed by atoms with Crippen LogP contribution < -0.4 is 19.7 Å². The molecule has 3 atom stereocenters. The Labute approximate surface area is 178 Å². The molecule has 1 N–H and O–H groups in total. The first-order valence-electron chi connectivity index (χ1n) is 10.7. The van der Waals surface area contributed by atoms with E-state index in [0.29, 0.717) is 19.6 Å². The number of anilines is 2. The van der Waals surface area contributed by atoms with Gasteiger partial charge in [-0.1, -0.05) is 0 Å². The first-order valence-corrected chi connectivity index (χ1v) is 10.7. The van der Waals surface area contributed by atoms with Crippen molar-refractivity contribution in [3.8, 4) is 11.5 Å². The second-order valence-electron chi connectivity index (χ2n) is 8.11. The minimum Gasteiger partial charge on any atom is -0.494 e. The summed E-state index contributed by atoms with van der Waals surface area (Å²) in [6.07, 6.45) is 1.07. The molecule has 160 valence electrons. The van der Waals surface area contributed by atoms with Crippen LogP contribution in [0.5, 0.6) is 11.5 Å². The number of rotatable bonds is 5. The van der Waals surface area contributed by atoms with E-state index in [2.05, 4.69) is 36.2 Å². The minimum atomic E-state index is -0.227. The molecule has 0 radical (unpaired) electrons. The molecule has 30 heavy (non-hydrogen) atoms. The number of carbonyl (C=O) groups is 1. The van der Waals surface area contributed by atoms with Crippen molar-refractivity contribution in [3.63, 3.8) is 0 Å². The first-order chi connectivity index (χ1) is 14.5. The van der Waals surface area contributed by atoms with Gasteiger partial charge in [0.05, 0.1) is 24.7 Å². The molecule has 6 nitrogen and oxygen atoms in total. The van der Waals surface area contributed by atoms with E-state index in [9.17, 15) is 4.79 Å². The lowest BCUT2D eigenvalue weighted by Crippen LogP contribution is -2.45. The molecule has 0 bridgehead atoms. The largest absolute Gasteiger partial charge is 0.494 e. The van der Waals surface area contributed by atoms with Gasteiger partial charge in [-0.3, -0.25) is 4.79 Å². The Morgan fingerprint density at radius 3 is 2.57 bits per heavy atom. The quantitative estimate of drug-likeness (QED) is 0.810.